The monoisotopic (exact) mass is 507 g/mol. The number of aliphatic hydroxyl groups is 1. The minimum absolute atomic E-state index is 0.0370. The fourth-order valence-corrected chi connectivity index (χ4v) is 4.68. The van der Waals surface area contributed by atoms with E-state index in [4.69, 9.17) is 17.3 Å². The zero-order chi connectivity index (χ0) is 25.1. The van der Waals surface area contributed by atoms with Crippen LogP contribution in [0.3, 0.4) is 0 Å². The van der Waals surface area contributed by atoms with Crippen molar-refractivity contribution in [1.82, 2.24) is 19.5 Å². The Morgan fingerprint density at radius 1 is 1.29 bits per heavy atom. The standard InChI is InChI=1S/C23H28ClF2N7O2/c1-2-3-14(5-7-19(27)35)33-21-18(11-28-22(32-21)29-13-4-6-15(34)10-13)30-23(33)31-20-16(25)8-12(24)9-17(20)26/h8-9,11,13-15,34H,2-7,10H2,1H3,(H2,27,35)(H,30,31)(H,28,29,32)/t13-,14-,15-/m1/s1. The van der Waals surface area contributed by atoms with Crippen molar-refractivity contribution in [2.45, 2.75) is 70.1 Å². The SMILES string of the molecule is CCC[C@H](CCC(N)=O)n1c(Nc2c(F)cc(Cl)cc2F)nc2cnc(N[C@@H]3CC[C@@H](O)C3)nc21. The summed E-state index contributed by atoms with van der Waals surface area (Å²) in [6.07, 6.45) is 5.23. The Hall–Kier alpha value is -3.05. The predicted octanol–water partition coefficient (Wildman–Crippen LogP) is 4.43. The van der Waals surface area contributed by atoms with Crippen LogP contribution in [0, 0.1) is 11.6 Å². The second-order valence-corrected chi connectivity index (χ2v) is 9.27. The van der Waals surface area contributed by atoms with Gasteiger partial charge in [-0.2, -0.15) is 4.98 Å². The zero-order valence-electron chi connectivity index (χ0n) is 19.3. The highest BCUT2D eigenvalue weighted by Crippen LogP contribution is 2.33. The third-order valence-electron chi connectivity index (χ3n) is 6.13. The summed E-state index contributed by atoms with van der Waals surface area (Å²) >= 11 is 5.77. The van der Waals surface area contributed by atoms with Gasteiger partial charge in [0.1, 0.15) is 11.2 Å². The molecule has 2 aromatic heterocycles. The highest BCUT2D eigenvalue weighted by Gasteiger charge is 2.26. The third kappa shape index (κ3) is 5.79. The maximum Gasteiger partial charge on any atom is 0.224 e. The summed E-state index contributed by atoms with van der Waals surface area (Å²) in [5, 5.41) is 15.8. The number of hydrogen-bond donors (Lipinski definition) is 4. The van der Waals surface area contributed by atoms with Crippen LogP contribution >= 0.6 is 11.6 Å². The lowest BCUT2D eigenvalue weighted by Crippen LogP contribution is -2.19. The summed E-state index contributed by atoms with van der Waals surface area (Å²) in [5.74, 6) is -1.67. The Morgan fingerprint density at radius 2 is 2.03 bits per heavy atom. The van der Waals surface area contributed by atoms with Crippen molar-refractivity contribution in [3.05, 3.63) is 35.0 Å². The summed E-state index contributed by atoms with van der Waals surface area (Å²) in [4.78, 5) is 25.0. The number of carbonyl (C=O) groups is 1. The molecule has 0 bridgehead atoms. The van der Waals surface area contributed by atoms with E-state index >= 15 is 0 Å². The quantitative estimate of drug-likeness (QED) is 0.319. The lowest BCUT2D eigenvalue weighted by molar-refractivity contribution is -0.118. The van der Waals surface area contributed by atoms with Gasteiger partial charge in [-0.05, 0) is 44.2 Å². The fourth-order valence-electron chi connectivity index (χ4n) is 4.48. The number of hydrogen-bond acceptors (Lipinski definition) is 7. The molecule has 0 spiro atoms. The van der Waals surface area contributed by atoms with Crippen molar-refractivity contribution in [3.8, 4) is 0 Å². The van der Waals surface area contributed by atoms with E-state index in [2.05, 4.69) is 25.6 Å². The predicted molar refractivity (Wildman–Crippen MR) is 130 cm³/mol. The number of nitrogens with zero attached hydrogens (tertiary/aromatic N) is 4. The molecule has 3 aromatic rings. The normalized spacial score (nSPS) is 18.7. The Balaban J connectivity index is 1.78. The second-order valence-electron chi connectivity index (χ2n) is 8.83. The van der Waals surface area contributed by atoms with Crippen molar-refractivity contribution in [2.24, 2.45) is 5.73 Å². The molecular formula is C23H28ClF2N7O2. The third-order valence-corrected chi connectivity index (χ3v) is 6.34. The molecule has 0 saturated heterocycles. The number of imidazole rings is 1. The molecule has 3 atom stereocenters. The van der Waals surface area contributed by atoms with Gasteiger partial charge in [0.05, 0.1) is 12.3 Å². The van der Waals surface area contributed by atoms with Crippen molar-refractivity contribution in [1.29, 1.82) is 0 Å². The molecule has 188 valence electrons. The van der Waals surface area contributed by atoms with Crippen molar-refractivity contribution >= 4 is 46.3 Å². The van der Waals surface area contributed by atoms with Gasteiger partial charge in [0.15, 0.2) is 17.3 Å². The average molecular weight is 508 g/mol. The Kier molecular flexibility index (Phi) is 7.66. The van der Waals surface area contributed by atoms with Gasteiger partial charge < -0.3 is 21.5 Å². The van der Waals surface area contributed by atoms with Gasteiger partial charge in [-0.1, -0.05) is 24.9 Å². The van der Waals surface area contributed by atoms with E-state index in [9.17, 15) is 18.7 Å². The summed E-state index contributed by atoms with van der Waals surface area (Å²) in [7, 11) is 0. The topological polar surface area (TPSA) is 131 Å². The molecule has 5 N–H and O–H groups in total. The van der Waals surface area contributed by atoms with Crippen LogP contribution in [0.2, 0.25) is 5.02 Å². The maximum absolute atomic E-state index is 14.6. The molecule has 1 saturated carbocycles. The molecule has 4 rings (SSSR count). The number of nitrogens with two attached hydrogens (primary N) is 1. The molecule has 0 radical (unpaired) electrons. The molecule has 0 aliphatic heterocycles. The molecule has 35 heavy (non-hydrogen) atoms. The van der Waals surface area contributed by atoms with Crippen molar-refractivity contribution < 1.29 is 18.7 Å². The minimum Gasteiger partial charge on any atom is -0.393 e. The van der Waals surface area contributed by atoms with E-state index in [-0.39, 0.29) is 35.6 Å². The first-order valence-corrected chi connectivity index (χ1v) is 12.0. The van der Waals surface area contributed by atoms with Crippen LogP contribution < -0.4 is 16.4 Å². The minimum atomic E-state index is -0.869. The number of benzene rings is 1. The summed E-state index contributed by atoms with van der Waals surface area (Å²) in [6.45, 7) is 2.00. The first kappa shape index (κ1) is 25.1. The summed E-state index contributed by atoms with van der Waals surface area (Å²) < 4.78 is 30.9. The molecule has 0 unspecified atom stereocenters. The van der Waals surface area contributed by atoms with Crippen LogP contribution in [0.1, 0.15) is 57.9 Å². The molecule has 1 aromatic carbocycles. The largest absolute Gasteiger partial charge is 0.393 e. The highest BCUT2D eigenvalue weighted by molar-refractivity contribution is 6.30. The van der Waals surface area contributed by atoms with E-state index in [0.29, 0.717) is 42.8 Å². The molecule has 12 heteroatoms. The first-order valence-electron chi connectivity index (χ1n) is 11.6. The highest BCUT2D eigenvalue weighted by atomic mass is 35.5. The Labute approximate surface area is 206 Å². The van der Waals surface area contributed by atoms with Crippen LogP contribution in [-0.4, -0.2) is 42.7 Å². The van der Waals surface area contributed by atoms with Gasteiger partial charge in [-0.25, -0.2) is 18.7 Å². The summed E-state index contributed by atoms with van der Waals surface area (Å²) in [5.41, 5.74) is 5.86. The Morgan fingerprint density at radius 3 is 2.66 bits per heavy atom. The van der Waals surface area contributed by atoms with E-state index in [0.717, 1.165) is 25.0 Å². The van der Waals surface area contributed by atoms with E-state index in [1.54, 1.807) is 4.57 Å². The zero-order valence-corrected chi connectivity index (χ0v) is 20.0. The molecule has 1 aliphatic carbocycles. The number of rotatable bonds is 10. The lowest BCUT2D eigenvalue weighted by Gasteiger charge is -2.21. The molecule has 1 amide bonds. The number of nitrogens with one attached hydrogen (secondary N) is 2. The summed E-state index contributed by atoms with van der Waals surface area (Å²) in [6, 6.07) is 1.78. The van der Waals surface area contributed by atoms with Crippen LogP contribution in [-0.2, 0) is 4.79 Å². The van der Waals surface area contributed by atoms with E-state index in [1.807, 2.05) is 6.92 Å². The number of carbonyl (C=O) groups excluding carboxylic acids is 1. The molecule has 9 nitrogen and oxygen atoms in total. The van der Waals surface area contributed by atoms with Crippen LogP contribution in [0.4, 0.5) is 26.4 Å². The van der Waals surface area contributed by atoms with Gasteiger partial charge in [0.25, 0.3) is 0 Å². The Bertz CT molecular complexity index is 1200. The average Bonchev–Trinajstić information content (AvgIpc) is 3.36. The second kappa shape index (κ2) is 10.7. The van der Waals surface area contributed by atoms with Gasteiger partial charge in [-0.3, -0.25) is 9.36 Å². The number of aliphatic hydroxyl groups excluding tert-OH is 1. The molecule has 2 heterocycles. The van der Waals surface area contributed by atoms with Gasteiger partial charge in [0, 0.05) is 23.5 Å². The van der Waals surface area contributed by atoms with Crippen LogP contribution in [0.25, 0.3) is 11.2 Å². The molecule has 1 fully saturated rings. The molecular weight excluding hydrogens is 480 g/mol. The van der Waals surface area contributed by atoms with Gasteiger partial charge >= 0.3 is 0 Å². The number of amides is 1. The smallest absolute Gasteiger partial charge is 0.224 e. The lowest BCUT2D eigenvalue weighted by atomic mass is 10.1. The number of anilines is 3. The number of primary amides is 1. The fraction of sp³-hybridized carbons (Fsp3) is 0.478. The van der Waals surface area contributed by atoms with Crippen LogP contribution in [0.15, 0.2) is 18.3 Å². The maximum atomic E-state index is 14.6. The first-order chi connectivity index (χ1) is 16.7. The van der Waals surface area contributed by atoms with E-state index < -0.39 is 23.2 Å². The molecule has 1 aliphatic rings. The van der Waals surface area contributed by atoms with Crippen molar-refractivity contribution in [3.63, 3.8) is 0 Å². The number of fused-ring (bicyclic) bond motifs is 1. The van der Waals surface area contributed by atoms with E-state index in [1.165, 1.54) is 6.20 Å². The van der Waals surface area contributed by atoms with Gasteiger partial charge in [-0.15, -0.1) is 0 Å². The van der Waals surface area contributed by atoms with Gasteiger partial charge in [0.2, 0.25) is 17.8 Å². The van der Waals surface area contributed by atoms with Crippen molar-refractivity contribution in [2.75, 3.05) is 10.6 Å². The number of halogens is 3. The number of aromatic nitrogens is 4. The van der Waals surface area contributed by atoms with Crippen LogP contribution in [0.5, 0.6) is 0 Å².